The number of quaternary nitrogens is 1. The van der Waals surface area contributed by atoms with Crippen LogP contribution in [0.5, 0.6) is 0 Å². The molecule has 0 aliphatic heterocycles. The maximum atomic E-state index is 13.0. The molecule has 0 saturated heterocycles. The lowest BCUT2D eigenvalue weighted by Gasteiger charge is -2.45. The van der Waals surface area contributed by atoms with Crippen molar-refractivity contribution in [1.82, 2.24) is 5.32 Å². The smallest absolute Gasteiger partial charge is 0.261 e. The summed E-state index contributed by atoms with van der Waals surface area (Å²) in [5.41, 5.74) is 5.10. The van der Waals surface area contributed by atoms with Gasteiger partial charge in [0, 0.05) is 23.4 Å². The molecule has 0 bridgehead atoms. The fourth-order valence-electron chi connectivity index (χ4n) is 6.39. The summed E-state index contributed by atoms with van der Waals surface area (Å²) >= 11 is 5.86. The highest BCUT2D eigenvalue weighted by molar-refractivity contribution is 7.92. The summed E-state index contributed by atoms with van der Waals surface area (Å²) in [5, 5.41) is 7.89. The molecule has 0 heterocycles. The number of benzene rings is 3. The molecular weight excluding hydrogens is 596 g/mol. The van der Waals surface area contributed by atoms with Gasteiger partial charge in [-0.15, -0.1) is 0 Å². The molecule has 6 nitrogen and oxygen atoms in total. The molecule has 4 rings (SSSR count). The predicted molar refractivity (Wildman–Crippen MR) is 179 cm³/mol. The van der Waals surface area contributed by atoms with Gasteiger partial charge in [0.1, 0.15) is 12.6 Å². The van der Waals surface area contributed by atoms with Crippen LogP contribution in [0.2, 0.25) is 0 Å². The minimum absolute atomic E-state index is 0. The second-order valence-electron chi connectivity index (χ2n) is 12.2. The van der Waals surface area contributed by atoms with Crippen molar-refractivity contribution < 1.29 is 25.3 Å². The summed E-state index contributed by atoms with van der Waals surface area (Å²) in [6, 6.07) is 23.8. The van der Waals surface area contributed by atoms with Crippen LogP contribution in [0.1, 0.15) is 75.0 Å². The Labute approximate surface area is 270 Å². The van der Waals surface area contributed by atoms with Crippen molar-refractivity contribution >= 4 is 38.7 Å². The highest BCUT2D eigenvalue weighted by Crippen LogP contribution is 2.31. The Hall–Kier alpha value is -2.65. The number of rotatable bonds is 11. The molecule has 9 heteroatoms. The van der Waals surface area contributed by atoms with Gasteiger partial charge in [-0.3, -0.25) is 4.72 Å². The van der Waals surface area contributed by atoms with Crippen LogP contribution in [0, 0.1) is 6.92 Å². The van der Waals surface area contributed by atoms with Crippen molar-refractivity contribution in [2.75, 3.05) is 24.1 Å². The van der Waals surface area contributed by atoms with Crippen molar-refractivity contribution in [2.45, 2.75) is 88.7 Å². The van der Waals surface area contributed by atoms with Crippen LogP contribution in [0.4, 0.5) is 11.4 Å². The Kier molecular flexibility index (Phi) is 12.5. The zero-order valence-corrected chi connectivity index (χ0v) is 28.5. The first-order valence-corrected chi connectivity index (χ1v) is 17.1. The van der Waals surface area contributed by atoms with Crippen LogP contribution in [0.25, 0.3) is 0 Å². The third-order valence-corrected chi connectivity index (χ3v) is 10.3. The molecule has 0 radical (unpaired) electrons. The normalized spacial score (nSPS) is 17.2. The lowest BCUT2D eigenvalue weighted by Crippen LogP contribution is -3.00. The van der Waals surface area contributed by atoms with E-state index >= 15 is 0 Å². The fraction of sp³-hybridized carbons (Fsp3) is 0.441. The first kappa shape index (κ1) is 34.8. The number of nitrogens with one attached hydrogen (secondary N) is 3. The number of para-hydroxylation sites is 1. The largest absolute Gasteiger partial charge is 1.00 e. The maximum Gasteiger partial charge on any atom is 0.261 e. The SMILES string of the molecule is CCC(CC)c1ccccc1NC(=S)N[C@@H]1CCCC[C@H]1[N+](C)(C)Cc1cccc(NS(=O)(=O)c2ccc(C)cc2)c1.[Cl-]. The van der Waals surface area contributed by atoms with E-state index in [0.717, 1.165) is 53.5 Å². The van der Waals surface area contributed by atoms with E-state index in [1.807, 2.05) is 37.3 Å². The van der Waals surface area contributed by atoms with E-state index in [9.17, 15) is 8.42 Å². The Bertz CT molecular complexity index is 1460. The third-order valence-electron chi connectivity index (χ3n) is 8.68. The van der Waals surface area contributed by atoms with E-state index in [-0.39, 0.29) is 23.3 Å². The van der Waals surface area contributed by atoms with Crippen molar-refractivity contribution in [3.05, 3.63) is 89.5 Å². The number of likely N-dealkylation sites (N-methyl/N-ethyl adjacent to an activating group) is 1. The first-order chi connectivity index (χ1) is 20.0. The lowest BCUT2D eigenvalue weighted by molar-refractivity contribution is -0.930. The van der Waals surface area contributed by atoms with Crippen LogP contribution in [0.15, 0.2) is 77.7 Å². The molecule has 0 amide bonds. The number of aryl methyl sites for hydroxylation is 1. The Morgan fingerprint density at radius 1 is 0.953 bits per heavy atom. The minimum Gasteiger partial charge on any atom is -1.00 e. The van der Waals surface area contributed by atoms with E-state index in [4.69, 9.17) is 12.2 Å². The van der Waals surface area contributed by atoms with E-state index in [2.05, 4.69) is 73.6 Å². The summed E-state index contributed by atoms with van der Waals surface area (Å²) < 4.78 is 29.5. The van der Waals surface area contributed by atoms with Gasteiger partial charge >= 0.3 is 0 Å². The number of hydrogen-bond acceptors (Lipinski definition) is 3. The van der Waals surface area contributed by atoms with Gasteiger partial charge < -0.3 is 27.5 Å². The van der Waals surface area contributed by atoms with Crippen LogP contribution in [0.3, 0.4) is 0 Å². The van der Waals surface area contributed by atoms with Gasteiger partial charge in [0.15, 0.2) is 5.11 Å². The molecule has 3 aromatic rings. The summed E-state index contributed by atoms with van der Waals surface area (Å²) in [6.07, 6.45) is 6.74. The number of sulfonamides is 1. The Morgan fingerprint density at radius 3 is 2.33 bits per heavy atom. The summed E-state index contributed by atoms with van der Waals surface area (Å²) in [6.45, 7) is 7.20. The van der Waals surface area contributed by atoms with E-state index in [1.54, 1.807) is 12.1 Å². The number of nitrogens with zero attached hydrogens (tertiary/aromatic N) is 1. The third kappa shape index (κ3) is 9.17. The van der Waals surface area contributed by atoms with E-state index < -0.39 is 10.0 Å². The molecule has 0 spiro atoms. The van der Waals surface area contributed by atoms with Gasteiger partial charge in [0.05, 0.1) is 25.0 Å². The standard InChI is InChI=1S/C34H46N4O2S2.ClH/c1-6-27(7-2)30-15-8-9-16-31(30)35-34(41)36-32-17-10-11-18-33(32)38(4,5)24-26-13-12-14-28(23-26)37-42(39,40)29-21-19-25(3)20-22-29;/h8-9,12-16,19-23,27,32-33,37H,6-7,10-11,17-18,24H2,1-5H3,(H-,35,36,41);1H/t32-,33-;/m1./s1. The topological polar surface area (TPSA) is 70.2 Å². The highest BCUT2D eigenvalue weighted by atomic mass is 35.5. The molecule has 234 valence electrons. The molecule has 2 atom stereocenters. The van der Waals surface area contributed by atoms with E-state index in [1.165, 1.54) is 18.4 Å². The van der Waals surface area contributed by atoms with Crippen molar-refractivity contribution in [2.24, 2.45) is 0 Å². The second-order valence-corrected chi connectivity index (χ2v) is 14.3. The monoisotopic (exact) mass is 642 g/mol. The zero-order chi connectivity index (χ0) is 30.3. The molecule has 1 fully saturated rings. The number of hydrogen-bond donors (Lipinski definition) is 3. The molecule has 3 aromatic carbocycles. The van der Waals surface area contributed by atoms with Crippen molar-refractivity contribution in [1.29, 1.82) is 0 Å². The van der Waals surface area contributed by atoms with Crippen LogP contribution < -0.4 is 27.8 Å². The maximum absolute atomic E-state index is 13.0. The van der Waals surface area contributed by atoms with Crippen LogP contribution >= 0.6 is 12.2 Å². The van der Waals surface area contributed by atoms with Gasteiger partial charge in [-0.1, -0.05) is 68.3 Å². The van der Waals surface area contributed by atoms with Gasteiger partial charge in [-0.2, -0.15) is 0 Å². The zero-order valence-electron chi connectivity index (χ0n) is 26.1. The average molecular weight is 643 g/mol. The summed E-state index contributed by atoms with van der Waals surface area (Å²) in [4.78, 5) is 0.262. The van der Waals surface area contributed by atoms with Gasteiger partial charge in [0.25, 0.3) is 10.0 Å². The minimum atomic E-state index is -3.66. The van der Waals surface area contributed by atoms with Crippen molar-refractivity contribution in [3.8, 4) is 0 Å². The van der Waals surface area contributed by atoms with Gasteiger partial charge in [-0.05, 0) is 86.6 Å². The quantitative estimate of drug-likeness (QED) is 0.211. The molecule has 0 aromatic heterocycles. The number of halogens is 1. The molecule has 43 heavy (non-hydrogen) atoms. The summed E-state index contributed by atoms with van der Waals surface area (Å²) in [7, 11) is 0.883. The van der Waals surface area contributed by atoms with E-state index in [0.29, 0.717) is 22.8 Å². The van der Waals surface area contributed by atoms with Crippen LogP contribution in [-0.2, 0) is 16.6 Å². The molecule has 0 unspecified atom stereocenters. The Morgan fingerprint density at radius 2 is 1.63 bits per heavy atom. The predicted octanol–water partition coefficient (Wildman–Crippen LogP) is 4.58. The fourth-order valence-corrected chi connectivity index (χ4v) is 7.70. The number of anilines is 2. The van der Waals surface area contributed by atoms with Crippen LogP contribution in [-0.4, -0.2) is 44.2 Å². The molecule has 1 aliphatic rings. The molecule has 3 N–H and O–H groups in total. The Balaban J connectivity index is 0.00000506. The van der Waals surface area contributed by atoms with Gasteiger partial charge in [-0.25, -0.2) is 8.42 Å². The van der Waals surface area contributed by atoms with Gasteiger partial charge in [0.2, 0.25) is 0 Å². The highest BCUT2D eigenvalue weighted by Gasteiger charge is 2.38. The number of thiocarbonyl (C=S) groups is 1. The molecular formula is C34H47ClN4O2S2. The second kappa shape index (κ2) is 15.4. The van der Waals surface area contributed by atoms with Crippen molar-refractivity contribution in [3.63, 3.8) is 0 Å². The lowest BCUT2D eigenvalue weighted by atomic mass is 9.87. The average Bonchev–Trinajstić information content (AvgIpc) is 2.95. The molecule has 1 saturated carbocycles. The summed E-state index contributed by atoms with van der Waals surface area (Å²) in [5.74, 6) is 0.506. The first-order valence-electron chi connectivity index (χ1n) is 15.2. The molecule has 1 aliphatic carbocycles.